The summed E-state index contributed by atoms with van der Waals surface area (Å²) in [5, 5.41) is 19.0. The van der Waals surface area contributed by atoms with Gasteiger partial charge < -0.3 is 24.7 Å². The third-order valence-corrected chi connectivity index (χ3v) is 5.18. The van der Waals surface area contributed by atoms with Crippen LogP contribution in [0.5, 0.6) is 0 Å². The van der Waals surface area contributed by atoms with Gasteiger partial charge in [0.2, 0.25) is 0 Å². The largest absolute Gasteiger partial charge is 0.490 e. The standard InChI is InChI=1S/C16H23N5O.2C2HF3O2/c1-19-6-2-3-13(11-19)16-17-15-5-4-14(12-21(15)18-16)20-7-9-22-10-8-20;2*3-2(4,5)1(6)7/h4-5,12-13H,2-3,6-11H2,1H3;2*(H,6,7). The number of likely N-dealkylation sites (N-methyl/N-ethyl adjacent to an activating group) is 1. The highest BCUT2D eigenvalue weighted by atomic mass is 19.4. The second-order valence-electron chi connectivity index (χ2n) is 7.97. The number of aromatic nitrogens is 3. The molecule has 4 rings (SSSR count). The number of aliphatic carboxylic acids is 2. The van der Waals surface area contributed by atoms with Crippen molar-refractivity contribution in [3.8, 4) is 0 Å². The topological polar surface area (TPSA) is 121 Å². The Kier molecular flexibility index (Phi) is 9.86. The zero-order valence-corrected chi connectivity index (χ0v) is 19.1. The van der Waals surface area contributed by atoms with Crippen molar-refractivity contribution in [3.05, 3.63) is 24.2 Å². The minimum atomic E-state index is -5.08. The maximum absolute atomic E-state index is 10.6. The van der Waals surface area contributed by atoms with Gasteiger partial charge >= 0.3 is 24.3 Å². The molecule has 36 heavy (non-hydrogen) atoms. The number of alkyl halides is 6. The Morgan fingerprint density at radius 2 is 1.56 bits per heavy atom. The fourth-order valence-electron chi connectivity index (χ4n) is 3.45. The second-order valence-corrected chi connectivity index (χ2v) is 7.97. The van der Waals surface area contributed by atoms with Gasteiger partial charge in [0.05, 0.1) is 25.1 Å². The molecule has 2 aliphatic heterocycles. The van der Waals surface area contributed by atoms with Gasteiger partial charge in [0.25, 0.3) is 0 Å². The number of anilines is 1. The Balaban J connectivity index is 0.000000271. The van der Waals surface area contributed by atoms with Gasteiger partial charge in [0.15, 0.2) is 11.5 Å². The Labute approximate surface area is 201 Å². The number of morpholine rings is 1. The molecule has 0 amide bonds. The molecule has 2 aromatic heterocycles. The van der Waals surface area contributed by atoms with Crippen LogP contribution in [-0.4, -0.2) is 100 Å². The van der Waals surface area contributed by atoms with Crippen molar-refractivity contribution < 1.29 is 50.9 Å². The first-order valence-electron chi connectivity index (χ1n) is 10.7. The van der Waals surface area contributed by atoms with Crippen LogP contribution in [0.3, 0.4) is 0 Å². The molecule has 2 N–H and O–H groups in total. The van der Waals surface area contributed by atoms with E-state index in [0.29, 0.717) is 5.92 Å². The van der Waals surface area contributed by atoms with Crippen molar-refractivity contribution in [2.24, 2.45) is 0 Å². The number of carbonyl (C=O) groups is 2. The van der Waals surface area contributed by atoms with E-state index in [2.05, 4.69) is 35.2 Å². The highest BCUT2D eigenvalue weighted by molar-refractivity contribution is 5.73. The summed E-state index contributed by atoms with van der Waals surface area (Å²) in [7, 11) is 2.18. The normalized spacial score (nSPS) is 19.1. The summed E-state index contributed by atoms with van der Waals surface area (Å²) in [6, 6.07) is 4.22. The average molecular weight is 529 g/mol. The highest BCUT2D eigenvalue weighted by Crippen LogP contribution is 2.25. The number of nitrogens with zero attached hydrogens (tertiary/aromatic N) is 5. The first-order chi connectivity index (χ1) is 16.7. The number of carboxylic acid groups (broad SMARTS) is 2. The number of rotatable bonds is 2. The van der Waals surface area contributed by atoms with Crippen LogP contribution in [-0.2, 0) is 14.3 Å². The third-order valence-electron chi connectivity index (χ3n) is 5.18. The number of piperidine rings is 1. The van der Waals surface area contributed by atoms with Crippen LogP contribution in [0.25, 0.3) is 5.65 Å². The fourth-order valence-corrected chi connectivity index (χ4v) is 3.45. The number of pyridine rings is 1. The quantitative estimate of drug-likeness (QED) is 0.566. The molecule has 1 atom stereocenters. The fraction of sp³-hybridized carbons (Fsp3) is 0.600. The molecule has 0 saturated carbocycles. The molecule has 2 aliphatic rings. The highest BCUT2D eigenvalue weighted by Gasteiger charge is 2.38. The van der Waals surface area contributed by atoms with E-state index < -0.39 is 24.3 Å². The van der Waals surface area contributed by atoms with Crippen molar-refractivity contribution >= 4 is 23.3 Å². The molecule has 202 valence electrons. The van der Waals surface area contributed by atoms with Gasteiger partial charge in [-0.05, 0) is 38.6 Å². The molecule has 0 bridgehead atoms. The van der Waals surface area contributed by atoms with Crippen molar-refractivity contribution in [2.75, 3.05) is 51.3 Å². The van der Waals surface area contributed by atoms with Gasteiger partial charge in [0, 0.05) is 25.6 Å². The Bertz CT molecular complexity index is 999. The van der Waals surface area contributed by atoms with Gasteiger partial charge in [-0.3, -0.25) is 0 Å². The van der Waals surface area contributed by atoms with E-state index >= 15 is 0 Å². The predicted molar refractivity (Wildman–Crippen MR) is 113 cm³/mol. The molecule has 10 nitrogen and oxygen atoms in total. The summed E-state index contributed by atoms with van der Waals surface area (Å²) in [4.78, 5) is 27.3. The van der Waals surface area contributed by atoms with Crippen molar-refractivity contribution in [1.82, 2.24) is 19.5 Å². The summed E-state index contributed by atoms with van der Waals surface area (Å²) in [5.74, 6) is -4.06. The van der Waals surface area contributed by atoms with E-state index in [1.54, 1.807) is 0 Å². The van der Waals surface area contributed by atoms with E-state index in [-0.39, 0.29) is 0 Å². The zero-order valence-electron chi connectivity index (χ0n) is 19.1. The maximum Gasteiger partial charge on any atom is 0.490 e. The lowest BCUT2D eigenvalue weighted by atomic mass is 9.98. The molecule has 2 fully saturated rings. The van der Waals surface area contributed by atoms with Crippen LogP contribution in [0, 0.1) is 0 Å². The number of carboxylic acids is 2. The van der Waals surface area contributed by atoms with E-state index in [0.717, 1.165) is 44.3 Å². The van der Waals surface area contributed by atoms with Crippen LogP contribution >= 0.6 is 0 Å². The minimum Gasteiger partial charge on any atom is -0.475 e. The molecule has 2 aromatic rings. The molecular formula is C20H25F6N5O5. The van der Waals surface area contributed by atoms with E-state index in [9.17, 15) is 26.3 Å². The summed E-state index contributed by atoms with van der Waals surface area (Å²) < 4.78 is 70.8. The lowest BCUT2D eigenvalue weighted by Crippen LogP contribution is -2.36. The first kappa shape index (κ1) is 29.1. The number of ether oxygens (including phenoxy) is 1. The van der Waals surface area contributed by atoms with Crippen LogP contribution in [0.2, 0.25) is 0 Å². The molecule has 0 spiro atoms. The lowest BCUT2D eigenvalue weighted by Gasteiger charge is -2.28. The number of hydrogen-bond acceptors (Lipinski definition) is 7. The van der Waals surface area contributed by atoms with Crippen LogP contribution in [0.15, 0.2) is 18.3 Å². The summed E-state index contributed by atoms with van der Waals surface area (Å²) in [6.07, 6.45) is -5.64. The summed E-state index contributed by atoms with van der Waals surface area (Å²) in [6.45, 7) is 5.74. The monoisotopic (exact) mass is 529 g/mol. The Hall–Kier alpha value is -3.14. The Morgan fingerprint density at radius 3 is 2.06 bits per heavy atom. The average Bonchev–Trinajstić information content (AvgIpc) is 3.23. The SMILES string of the molecule is CN1CCCC(c2nc3ccc(N4CCOCC4)cn3n2)C1.O=C(O)C(F)(F)F.O=C(O)C(F)(F)F. The van der Waals surface area contributed by atoms with E-state index in [1.165, 1.54) is 25.1 Å². The number of fused-ring (bicyclic) bond motifs is 1. The van der Waals surface area contributed by atoms with Crippen LogP contribution in [0.1, 0.15) is 24.6 Å². The minimum absolute atomic E-state index is 0.463. The summed E-state index contributed by atoms with van der Waals surface area (Å²) in [5.41, 5.74) is 2.15. The Morgan fingerprint density at radius 1 is 1.00 bits per heavy atom. The zero-order chi connectivity index (χ0) is 27.1. The van der Waals surface area contributed by atoms with Gasteiger partial charge in [-0.15, -0.1) is 0 Å². The van der Waals surface area contributed by atoms with Gasteiger partial charge in [-0.25, -0.2) is 19.1 Å². The summed E-state index contributed by atoms with van der Waals surface area (Å²) >= 11 is 0. The van der Waals surface area contributed by atoms with Crippen molar-refractivity contribution in [3.63, 3.8) is 0 Å². The lowest BCUT2D eigenvalue weighted by molar-refractivity contribution is -0.193. The molecule has 16 heteroatoms. The van der Waals surface area contributed by atoms with Crippen molar-refractivity contribution in [1.29, 1.82) is 0 Å². The van der Waals surface area contributed by atoms with Crippen LogP contribution < -0.4 is 4.90 Å². The molecule has 4 heterocycles. The van der Waals surface area contributed by atoms with Crippen LogP contribution in [0.4, 0.5) is 32.0 Å². The van der Waals surface area contributed by atoms with Gasteiger partial charge in [-0.2, -0.15) is 31.4 Å². The predicted octanol–water partition coefficient (Wildman–Crippen LogP) is 2.64. The second kappa shape index (κ2) is 12.2. The number of hydrogen-bond donors (Lipinski definition) is 2. The smallest absolute Gasteiger partial charge is 0.475 e. The van der Waals surface area contributed by atoms with E-state index in [4.69, 9.17) is 34.6 Å². The molecule has 0 radical (unpaired) electrons. The van der Waals surface area contributed by atoms with Gasteiger partial charge in [-0.1, -0.05) is 0 Å². The molecule has 2 saturated heterocycles. The van der Waals surface area contributed by atoms with Crippen molar-refractivity contribution in [2.45, 2.75) is 31.1 Å². The first-order valence-corrected chi connectivity index (χ1v) is 10.7. The molecular weight excluding hydrogens is 504 g/mol. The van der Waals surface area contributed by atoms with E-state index in [1.807, 2.05) is 4.52 Å². The molecule has 0 aliphatic carbocycles. The van der Waals surface area contributed by atoms with Gasteiger partial charge in [0.1, 0.15) is 0 Å². The molecule has 0 aromatic carbocycles. The number of halogens is 6. The molecule has 1 unspecified atom stereocenters. The number of likely N-dealkylation sites (tertiary alicyclic amines) is 1. The third kappa shape index (κ3) is 8.82. The maximum atomic E-state index is 10.6.